The van der Waals surface area contributed by atoms with E-state index in [0.717, 1.165) is 18.9 Å². The Balaban J connectivity index is 2.50. The minimum Gasteiger partial charge on any atom is -0.360 e. The van der Waals surface area contributed by atoms with Crippen LogP contribution in [-0.2, 0) is 9.84 Å². The summed E-state index contributed by atoms with van der Waals surface area (Å²) < 4.78 is 23.1. The number of sulfone groups is 1. The van der Waals surface area contributed by atoms with Gasteiger partial charge in [0.2, 0.25) is 0 Å². The number of rotatable bonds is 3. The zero-order valence-electron chi connectivity index (χ0n) is 12.2. The van der Waals surface area contributed by atoms with Crippen molar-refractivity contribution in [2.75, 3.05) is 24.2 Å². The van der Waals surface area contributed by atoms with E-state index in [1.165, 1.54) is 12.1 Å². The third-order valence-electron chi connectivity index (χ3n) is 3.65. The lowest BCUT2D eigenvalue weighted by molar-refractivity contribution is -0.384. The molecule has 1 aromatic carbocycles. The highest BCUT2D eigenvalue weighted by atomic mass is 32.2. The van der Waals surface area contributed by atoms with Crippen molar-refractivity contribution in [2.45, 2.75) is 30.8 Å². The first-order valence-corrected chi connectivity index (χ1v) is 8.58. The number of nitrogens with zero attached hydrogens (tertiary/aromatic N) is 2. The Morgan fingerprint density at radius 1 is 1.38 bits per heavy atom. The summed E-state index contributed by atoms with van der Waals surface area (Å²) in [5.41, 5.74) is 0.298. The van der Waals surface area contributed by atoms with Gasteiger partial charge in [0.15, 0.2) is 9.84 Å². The number of anilines is 1. The Kier molecular flexibility index (Phi) is 4.20. The van der Waals surface area contributed by atoms with Gasteiger partial charge in [-0.05, 0) is 26.0 Å². The normalized spacial score (nSPS) is 23.1. The largest absolute Gasteiger partial charge is 0.360 e. The van der Waals surface area contributed by atoms with Crippen molar-refractivity contribution in [3.8, 4) is 0 Å². The third kappa shape index (κ3) is 3.33. The van der Waals surface area contributed by atoms with Crippen LogP contribution < -0.4 is 10.2 Å². The maximum Gasteiger partial charge on any atom is 0.293 e. The lowest BCUT2D eigenvalue weighted by Gasteiger charge is -2.38. The Hall–Kier alpha value is -1.67. The lowest BCUT2D eigenvalue weighted by atomic mass is 10.1. The molecule has 1 aliphatic rings. The fourth-order valence-corrected chi connectivity index (χ4v) is 3.12. The maximum absolute atomic E-state index is 11.6. The first-order valence-electron chi connectivity index (χ1n) is 6.68. The van der Waals surface area contributed by atoms with Gasteiger partial charge in [-0.2, -0.15) is 0 Å². The van der Waals surface area contributed by atoms with E-state index in [4.69, 9.17) is 0 Å². The van der Waals surface area contributed by atoms with Gasteiger partial charge < -0.3 is 10.2 Å². The van der Waals surface area contributed by atoms with E-state index in [9.17, 15) is 18.5 Å². The van der Waals surface area contributed by atoms with E-state index >= 15 is 0 Å². The molecule has 2 atom stereocenters. The van der Waals surface area contributed by atoms with Gasteiger partial charge >= 0.3 is 0 Å². The molecule has 0 saturated carbocycles. The summed E-state index contributed by atoms with van der Waals surface area (Å²) >= 11 is 0. The van der Waals surface area contributed by atoms with E-state index in [1.807, 2.05) is 18.7 Å². The molecule has 1 aliphatic heterocycles. The van der Waals surface area contributed by atoms with Crippen molar-refractivity contribution in [2.24, 2.45) is 0 Å². The van der Waals surface area contributed by atoms with E-state index in [1.54, 1.807) is 0 Å². The number of hydrogen-bond acceptors (Lipinski definition) is 6. The van der Waals surface area contributed by atoms with Gasteiger partial charge in [-0.1, -0.05) is 0 Å². The molecule has 8 heteroatoms. The highest BCUT2D eigenvalue weighted by molar-refractivity contribution is 7.90. The zero-order chi connectivity index (χ0) is 15.8. The van der Waals surface area contributed by atoms with Crippen molar-refractivity contribution in [3.63, 3.8) is 0 Å². The molecule has 1 heterocycles. The number of nitro groups is 1. The molecule has 7 nitrogen and oxygen atoms in total. The van der Waals surface area contributed by atoms with Crippen LogP contribution in [0.2, 0.25) is 0 Å². The zero-order valence-corrected chi connectivity index (χ0v) is 13.1. The molecule has 0 spiro atoms. The quantitative estimate of drug-likeness (QED) is 0.665. The summed E-state index contributed by atoms with van der Waals surface area (Å²) in [4.78, 5) is 12.7. The van der Waals surface area contributed by atoms with Crippen LogP contribution in [0.4, 0.5) is 11.4 Å². The Bertz CT molecular complexity index is 659. The highest BCUT2D eigenvalue weighted by Crippen LogP contribution is 2.32. The first-order chi connectivity index (χ1) is 9.70. The summed E-state index contributed by atoms with van der Waals surface area (Å²) in [5, 5.41) is 14.6. The van der Waals surface area contributed by atoms with Gasteiger partial charge in [-0.25, -0.2) is 8.42 Å². The second kappa shape index (κ2) is 5.61. The molecule has 1 aromatic rings. The second-order valence-electron chi connectivity index (χ2n) is 5.49. The smallest absolute Gasteiger partial charge is 0.293 e. The summed E-state index contributed by atoms with van der Waals surface area (Å²) in [6.45, 7) is 5.36. The second-order valence-corrected chi connectivity index (χ2v) is 7.51. The fraction of sp³-hybridized carbons (Fsp3) is 0.538. The molecule has 2 unspecified atom stereocenters. The maximum atomic E-state index is 11.6. The third-order valence-corrected chi connectivity index (χ3v) is 4.76. The summed E-state index contributed by atoms with van der Waals surface area (Å²) in [6, 6.07) is 4.42. The van der Waals surface area contributed by atoms with Crippen molar-refractivity contribution < 1.29 is 13.3 Å². The molecule has 0 aromatic heterocycles. The van der Waals surface area contributed by atoms with Gasteiger partial charge in [0.25, 0.3) is 5.69 Å². The summed E-state index contributed by atoms with van der Waals surface area (Å²) in [5.74, 6) is 0. The number of nitrogens with one attached hydrogen (secondary N) is 1. The summed E-state index contributed by atoms with van der Waals surface area (Å²) in [6.07, 6.45) is 1.04. The lowest BCUT2D eigenvalue weighted by Crippen LogP contribution is -2.54. The molecule has 0 radical (unpaired) electrons. The van der Waals surface area contributed by atoms with Gasteiger partial charge in [0.05, 0.1) is 9.82 Å². The van der Waals surface area contributed by atoms with Crippen molar-refractivity contribution in [3.05, 3.63) is 28.3 Å². The average molecular weight is 313 g/mol. The van der Waals surface area contributed by atoms with E-state index in [2.05, 4.69) is 5.32 Å². The number of piperazine rings is 1. The predicted octanol–water partition coefficient (Wildman–Crippen LogP) is 1.18. The molecule has 1 fully saturated rings. The van der Waals surface area contributed by atoms with E-state index < -0.39 is 14.8 Å². The minimum absolute atomic E-state index is 0.0335. The molecule has 0 aliphatic carbocycles. The first kappa shape index (κ1) is 15.7. The van der Waals surface area contributed by atoms with Gasteiger partial charge in [0.1, 0.15) is 5.69 Å². The standard InChI is InChI=1S/C13H19N3O4S/c1-9-8-15(10(2)7-14-9)12-5-4-11(21(3,19)20)6-13(12)16(17)18/h4-6,9-10,14H,7-8H2,1-3H3. The van der Waals surface area contributed by atoms with Crippen molar-refractivity contribution in [1.29, 1.82) is 0 Å². The van der Waals surface area contributed by atoms with Gasteiger partial charge in [0, 0.05) is 37.5 Å². The highest BCUT2D eigenvalue weighted by Gasteiger charge is 2.29. The molecule has 0 bridgehead atoms. The Morgan fingerprint density at radius 2 is 2.05 bits per heavy atom. The number of benzene rings is 1. The fourth-order valence-electron chi connectivity index (χ4n) is 2.48. The van der Waals surface area contributed by atoms with Crippen LogP contribution >= 0.6 is 0 Å². The van der Waals surface area contributed by atoms with Crippen LogP contribution in [-0.4, -0.2) is 44.8 Å². The van der Waals surface area contributed by atoms with Crippen LogP contribution in [0, 0.1) is 10.1 Å². The number of hydrogen-bond donors (Lipinski definition) is 1. The average Bonchev–Trinajstić information content (AvgIpc) is 2.40. The molecule has 1 saturated heterocycles. The van der Waals surface area contributed by atoms with Crippen LogP contribution in [0.3, 0.4) is 0 Å². The van der Waals surface area contributed by atoms with E-state index in [-0.39, 0.29) is 22.7 Å². The minimum atomic E-state index is -3.47. The van der Waals surface area contributed by atoms with Crippen LogP contribution in [0.1, 0.15) is 13.8 Å². The van der Waals surface area contributed by atoms with Crippen molar-refractivity contribution >= 4 is 21.2 Å². The predicted molar refractivity (Wildman–Crippen MR) is 80.5 cm³/mol. The molecular formula is C13H19N3O4S. The molecule has 116 valence electrons. The number of nitro benzene ring substituents is 1. The molecule has 1 N–H and O–H groups in total. The van der Waals surface area contributed by atoms with Crippen LogP contribution in [0.15, 0.2) is 23.1 Å². The van der Waals surface area contributed by atoms with Gasteiger partial charge in [-0.15, -0.1) is 0 Å². The van der Waals surface area contributed by atoms with Crippen LogP contribution in [0.25, 0.3) is 0 Å². The SMILES string of the molecule is CC1CN(c2ccc(S(C)(=O)=O)cc2[N+](=O)[O-])C(C)CN1. The van der Waals surface area contributed by atoms with Gasteiger partial charge in [-0.3, -0.25) is 10.1 Å². The topological polar surface area (TPSA) is 92.5 Å². The van der Waals surface area contributed by atoms with Crippen LogP contribution in [0.5, 0.6) is 0 Å². The van der Waals surface area contributed by atoms with E-state index in [0.29, 0.717) is 12.2 Å². The molecule has 0 amide bonds. The molecule has 2 rings (SSSR count). The molecular weight excluding hydrogens is 294 g/mol. The Labute approximate surface area is 124 Å². The Morgan fingerprint density at radius 3 is 2.62 bits per heavy atom. The molecule has 21 heavy (non-hydrogen) atoms. The monoisotopic (exact) mass is 313 g/mol. The summed E-state index contributed by atoms with van der Waals surface area (Å²) in [7, 11) is -3.47. The van der Waals surface area contributed by atoms with Crippen molar-refractivity contribution in [1.82, 2.24) is 5.32 Å².